The van der Waals surface area contributed by atoms with Crippen molar-refractivity contribution < 1.29 is 9.53 Å². The lowest BCUT2D eigenvalue weighted by Crippen LogP contribution is -2.21. The van der Waals surface area contributed by atoms with Crippen LogP contribution in [-0.2, 0) is 9.53 Å². The molecule has 0 aliphatic rings. The minimum Gasteiger partial charge on any atom is -0.469 e. The van der Waals surface area contributed by atoms with Gasteiger partial charge in [-0.05, 0) is 18.2 Å². The van der Waals surface area contributed by atoms with E-state index in [2.05, 4.69) is 32.1 Å². The van der Waals surface area contributed by atoms with Crippen molar-refractivity contribution in [1.29, 1.82) is 5.26 Å². The summed E-state index contributed by atoms with van der Waals surface area (Å²) in [5, 5.41) is 12.0. The highest BCUT2D eigenvalue weighted by Gasteiger charge is 2.13. The van der Waals surface area contributed by atoms with Crippen LogP contribution in [0.1, 0.15) is 12.5 Å². The average Bonchev–Trinajstić information content (AvgIpc) is 2.35. The summed E-state index contributed by atoms with van der Waals surface area (Å²) in [6.07, 6.45) is 0. The molecule has 4 nitrogen and oxygen atoms in total. The first-order valence-electron chi connectivity index (χ1n) is 5.09. The number of ether oxygens (including phenoxy) is 1. The van der Waals surface area contributed by atoms with E-state index in [0.29, 0.717) is 17.8 Å². The van der Waals surface area contributed by atoms with Gasteiger partial charge in [0.15, 0.2) is 0 Å². The van der Waals surface area contributed by atoms with E-state index in [0.717, 1.165) is 4.47 Å². The lowest BCUT2D eigenvalue weighted by Gasteiger charge is -2.12. The molecule has 0 radical (unpaired) electrons. The normalized spacial score (nSPS) is 11.4. The van der Waals surface area contributed by atoms with Gasteiger partial charge in [-0.2, -0.15) is 5.26 Å². The first-order valence-corrected chi connectivity index (χ1v) is 5.89. The van der Waals surface area contributed by atoms with E-state index < -0.39 is 0 Å². The van der Waals surface area contributed by atoms with Crippen LogP contribution in [0.2, 0.25) is 0 Å². The molecule has 1 rings (SSSR count). The maximum Gasteiger partial charge on any atom is 0.310 e. The number of methoxy groups -OCH3 is 1. The fraction of sp³-hybridized carbons (Fsp3) is 0.333. The molecular formula is C12H13BrN2O2. The smallest absolute Gasteiger partial charge is 0.310 e. The second-order valence-corrected chi connectivity index (χ2v) is 4.52. The number of hydrogen-bond donors (Lipinski definition) is 1. The van der Waals surface area contributed by atoms with E-state index in [4.69, 9.17) is 5.26 Å². The van der Waals surface area contributed by atoms with Gasteiger partial charge in [0.05, 0.1) is 24.3 Å². The molecular weight excluding hydrogens is 284 g/mol. The van der Waals surface area contributed by atoms with Crippen molar-refractivity contribution in [3.63, 3.8) is 0 Å². The number of carbonyl (C=O) groups is 1. The van der Waals surface area contributed by atoms with Gasteiger partial charge in [0.1, 0.15) is 6.07 Å². The third-order valence-electron chi connectivity index (χ3n) is 2.30. The number of rotatable bonds is 4. The molecule has 0 fully saturated rings. The fourth-order valence-corrected chi connectivity index (χ4v) is 1.67. The molecule has 0 bridgehead atoms. The zero-order valence-electron chi connectivity index (χ0n) is 9.66. The molecule has 0 saturated heterocycles. The summed E-state index contributed by atoms with van der Waals surface area (Å²) >= 11 is 3.30. The van der Waals surface area contributed by atoms with Crippen LogP contribution in [0.25, 0.3) is 0 Å². The van der Waals surface area contributed by atoms with Crippen LogP contribution in [0.3, 0.4) is 0 Å². The Hall–Kier alpha value is -1.54. The molecule has 1 aromatic carbocycles. The molecule has 0 spiro atoms. The highest BCUT2D eigenvalue weighted by atomic mass is 79.9. The topological polar surface area (TPSA) is 62.1 Å². The van der Waals surface area contributed by atoms with E-state index in [9.17, 15) is 4.79 Å². The minimum atomic E-state index is -0.270. The van der Waals surface area contributed by atoms with E-state index >= 15 is 0 Å². The number of nitrogens with one attached hydrogen (secondary N) is 1. The summed E-state index contributed by atoms with van der Waals surface area (Å²) in [5.41, 5.74) is 1.25. The van der Waals surface area contributed by atoms with Crippen molar-refractivity contribution in [2.24, 2.45) is 5.92 Å². The first-order chi connectivity index (χ1) is 8.08. The summed E-state index contributed by atoms with van der Waals surface area (Å²) in [7, 11) is 1.36. The third kappa shape index (κ3) is 3.75. The van der Waals surface area contributed by atoms with Gasteiger partial charge >= 0.3 is 5.97 Å². The minimum absolute atomic E-state index is 0.254. The van der Waals surface area contributed by atoms with Crippen molar-refractivity contribution in [3.05, 3.63) is 28.2 Å². The van der Waals surface area contributed by atoms with Gasteiger partial charge in [-0.25, -0.2) is 0 Å². The van der Waals surface area contributed by atoms with Crippen molar-refractivity contribution in [1.82, 2.24) is 0 Å². The SMILES string of the molecule is COC(=O)C(C)CNc1ccc(Br)cc1C#N. The monoisotopic (exact) mass is 296 g/mol. The Bertz CT molecular complexity index is 454. The van der Waals surface area contributed by atoms with Gasteiger partial charge in [0.25, 0.3) is 0 Å². The second kappa shape index (κ2) is 6.26. The average molecular weight is 297 g/mol. The summed E-state index contributed by atoms with van der Waals surface area (Å²) in [5.74, 6) is -0.525. The van der Waals surface area contributed by atoms with Crippen LogP contribution in [-0.4, -0.2) is 19.6 Å². The Morgan fingerprint density at radius 3 is 2.94 bits per heavy atom. The number of nitrogens with zero attached hydrogens (tertiary/aromatic N) is 1. The molecule has 1 N–H and O–H groups in total. The largest absolute Gasteiger partial charge is 0.469 e. The van der Waals surface area contributed by atoms with Crippen molar-refractivity contribution in [2.75, 3.05) is 19.0 Å². The van der Waals surface area contributed by atoms with Gasteiger partial charge in [0, 0.05) is 11.0 Å². The molecule has 0 saturated carbocycles. The molecule has 0 aliphatic carbocycles. The molecule has 1 atom stereocenters. The Morgan fingerprint density at radius 1 is 1.65 bits per heavy atom. The standard InChI is InChI=1S/C12H13BrN2O2/c1-8(12(16)17-2)7-15-11-4-3-10(13)5-9(11)6-14/h3-5,8,15H,7H2,1-2H3. The fourth-order valence-electron chi connectivity index (χ4n) is 1.31. The van der Waals surface area contributed by atoms with Gasteiger partial charge in [-0.3, -0.25) is 4.79 Å². The molecule has 0 aromatic heterocycles. The maximum absolute atomic E-state index is 11.2. The van der Waals surface area contributed by atoms with Crippen molar-refractivity contribution in [3.8, 4) is 6.07 Å². The highest BCUT2D eigenvalue weighted by molar-refractivity contribution is 9.10. The third-order valence-corrected chi connectivity index (χ3v) is 2.80. The van der Waals surface area contributed by atoms with Crippen LogP contribution >= 0.6 is 15.9 Å². The molecule has 0 heterocycles. The number of hydrogen-bond acceptors (Lipinski definition) is 4. The number of nitriles is 1. The Balaban J connectivity index is 2.70. The predicted molar refractivity (Wildman–Crippen MR) is 68.5 cm³/mol. The van der Waals surface area contributed by atoms with Crippen LogP contribution in [0.4, 0.5) is 5.69 Å². The number of benzene rings is 1. The molecule has 5 heteroatoms. The van der Waals surface area contributed by atoms with Crippen LogP contribution in [0.5, 0.6) is 0 Å². The van der Waals surface area contributed by atoms with E-state index in [1.807, 2.05) is 6.07 Å². The first kappa shape index (κ1) is 13.5. The number of esters is 1. The van der Waals surface area contributed by atoms with Gasteiger partial charge < -0.3 is 10.1 Å². The molecule has 17 heavy (non-hydrogen) atoms. The highest BCUT2D eigenvalue weighted by Crippen LogP contribution is 2.20. The lowest BCUT2D eigenvalue weighted by molar-refractivity contribution is -0.144. The van der Waals surface area contributed by atoms with E-state index in [1.54, 1.807) is 19.1 Å². The van der Waals surface area contributed by atoms with Crippen LogP contribution < -0.4 is 5.32 Å². The molecule has 90 valence electrons. The molecule has 0 aliphatic heterocycles. The van der Waals surface area contributed by atoms with Crippen LogP contribution in [0.15, 0.2) is 22.7 Å². The zero-order valence-corrected chi connectivity index (χ0v) is 11.2. The van der Waals surface area contributed by atoms with Gasteiger partial charge in [-0.1, -0.05) is 22.9 Å². The summed E-state index contributed by atoms with van der Waals surface area (Å²) < 4.78 is 5.47. The molecule has 1 aromatic rings. The van der Waals surface area contributed by atoms with E-state index in [-0.39, 0.29) is 11.9 Å². The molecule has 0 amide bonds. The quantitative estimate of drug-likeness (QED) is 0.868. The second-order valence-electron chi connectivity index (χ2n) is 3.61. The number of carbonyl (C=O) groups excluding carboxylic acids is 1. The Kier molecular flexibility index (Phi) is 4.98. The summed E-state index contributed by atoms with van der Waals surface area (Å²) in [6.45, 7) is 2.20. The summed E-state index contributed by atoms with van der Waals surface area (Å²) in [6, 6.07) is 7.46. The van der Waals surface area contributed by atoms with Crippen molar-refractivity contribution in [2.45, 2.75) is 6.92 Å². The molecule has 1 unspecified atom stereocenters. The lowest BCUT2D eigenvalue weighted by atomic mass is 10.1. The van der Waals surface area contributed by atoms with Crippen molar-refractivity contribution >= 4 is 27.6 Å². The zero-order chi connectivity index (χ0) is 12.8. The summed E-state index contributed by atoms with van der Waals surface area (Å²) in [4.78, 5) is 11.2. The van der Waals surface area contributed by atoms with Gasteiger partial charge in [0.2, 0.25) is 0 Å². The van der Waals surface area contributed by atoms with Gasteiger partial charge in [-0.15, -0.1) is 0 Å². The van der Waals surface area contributed by atoms with E-state index in [1.165, 1.54) is 7.11 Å². The Labute approximate surface area is 109 Å². The predicted octanol–water partition coefficient (Wildman–Crippen LogP) is 2.54. The Morgan fingerprint density at radius 2 is 2.35 bits per heavy atom. The number of anilines is 1. The maximum atomic E-state index is 11.2. The number of halogens is 1. The van der Waals surface area contributed by atoms with Crippen LogP contribution in [0, 0.1) is 17.2 Å².